The fourth-order valence-corrected chi connectivity index (χ4v) is 7.29. The minimum Gasteiger partial charge on any atom is -0.481 e. The molecule has 2 aromatic carbocycles. The molecule has 1 saturated heterocycles. The predicted molar refractivity (Wildman–Crippen MR) is 139 cm³/mol. The highest BCUT2D eigenvalue weighted by Crippen LogP contribution is 2.51. The van der Waals surface area contributed by atoms with Gasteiger partial charge in [-0.2, -0.15) is 13.2 Å². The van der Waals surface area contributed by atoms with Crippen molar-refractivity contribution in [3.8, 4) is 0 Å². The van der Waals surface area contributed by atoms with Gasteiger partial charge >= 0.3 is 12.1 Å². The van der Waals surface area contributed by atoms with Gasteiger partial charge in [0.2, 0.25) is 11.6 Å². The van der Waals surface area contributed by atoms with E-state index in [1.165, 1.54) is 18.2 Å². The number of amides is 1. The van der Waals surface area contributed by atoms with Crippen molar-refractivity contribution in [1.29, 1.82) is 0 Å². The van der Waals surface area contributed by atoms with Gasteiger partial charge in [0.05, 0.1) is 5.92 Å². The fraction of sp³-hybridized carbons (Fsp3) is 0.548. The molecule has 9 heteroatoms. The number of alkyl halides is 4. The van der Waals surface area contributed by atoms with Crippen molar-refractivity contribution in [2.24, 2.45) is 11.8 Å². The molecule has 0 radical (unpaired) electrons. The van der Waals surface area contributed by atoms with Crippen molar-refractivity contribution in [3.63, 3.8) is 0 Å². The molecule has 1 N–H and O–H groups in total. The second-order valence-electron chi connectivity index (χ2n) is 12.0. The van der Waals surface area contributed by atoms with Gasteiger partial charge in [-0.3, -0.25) is 9.59 Å². The van der Waals surface area contributed by atoms with Crippen molar-refractivity contribution < 1.29 is 36.6 Å². The predicted octanol–water partition coefficient (Wildman–Crippen LogP) is 6.80. The molecule has 3 atom stereocenters. The van der Waals surface area contributed by atoms with Gasteiger partial charge in [-0.05, 0) is 99.1 Å². The number of carboxylic acids is 1. The minimum absolute atomic E-state index is 0.000486. The normalized spacial score (nSPS) is 28.0. The third-order valence-corrected chi connectivity index (χ3v) is 9.67. The average molecular weight is 564 g/mol. The molecule has 2 aliphatic carbocycles. The van der Waals surface area contributed by atoms with Crippen molar-refractivity contribution >= 4 is 11.9 Å². The summed E-state index contributed by atoms with van der Waals surface area (Å²) < 4.78 is 69.5. The number of hydrogen-bond acceptors (Lipinski definition) is 2. The number of hydrogen-bond donors (Lipinski definition) is 1. The van der Waals surface area contributed by atoms with Crippen LogP contribution < -0.4 is 0 Å². The van der Waals surface area contributed by atoms with Crippen LogP contribution in [0.1, 0.15) is 73.3 Å². The number of halogens is 5. The van der Waals surface area contributed by atoms with Crippen LogP contribution in [0.25, 0.3) is 0 Å². The van der Waals surface area contributed by atoms with Crippen LogP contribution in [-0.4, -0.2) is 40.6 Å². The van der Waals surface area contributed by atoms with Gasteiger partial charge in [0.1, 0.15) is 5.82 Å². The highest BCUT2D eigenvalue weighted by atomic mass is 19.4. The Morgan fingerprint density at radius 3 is 2.30 bits per heavy atom. The number of aliphatic carboxylic acids is 1. The smallest absolute Gasteiger partial charge is 0.426 e. The van der Waals surface area contributed by atoms with Crippen LogP contribution in [0.2, 0.25) is 0 Å². The highest BCUT2D eigenvalue weighted by molar-refractivity contribution is 5.80. The lowest BCUT2D eigenvalue weighted by Gasteiger charge is -2.45. The molecule has 5 rings (SSSR count). The average Bonchev–Trinajstić information content (AvgIpc) is 3.28. The van der Waals surface area contributed by atoms with E-state index < -0.39 is 34.7 Å². The largest absolute Gasteiger partial charge is 0.481 e. The van der Waals surface area contributed by atoms with Gasteiger partial charge in [-0.15, -0.1) is 0 Å². The zero-order valence-electron chi connectivity index (χ0n) is 22.7. The van der Waals surface area contributed by atoms with Gasteiger partial charge in [0.25, 0.3) is 0 Å². The Kier molecular flexibility index (Phi) is 7.24. The maximum absolute atomic E-state index is 14.9. The second-order valence-corrected chi connectivity index (χ2v) is 12.0. The summed E-state index contributed by atoms with van der Waals surface area (Å²) in [7, 11) is 0. The maximum Gasteiger partial charge on any atom is 0.426 e. The van der Waals surface area contributed by atoms with E-state index in [0.29, 0.717) is 76.0 Å². The van der Waals surface area contributed by atoms with E-state index >= 15 is 0 Å². The first kappa shape index (κ1) is 28.6. The SMILES string of the molecule is Cc1cc(CC23CCN(C(=O)[C@H]4CC[C@H](C(=O)O)CC4)C2CCc2cc(C(C)(F)C(F)(F)F)ccc23)ccc1F. The van der Waals surface area contributed by atoms with Crippen molar-refractivity contribution in [2.45, 2.75) is 88.5 Å². The molecule has 40 heavy (non-hydrogen) atoms. The first-order chi connectivity index (χ1) is 18.7. The Hall–Kier alpha value is -2.97. The van der Waals surface area contributed by atoms with Gasteiger partial charge in [0, 0.05) is 23.9 Å². The Balaban J connectivity index is 1.51. The Labute approximate surface area is 230 Å². The second kappa shape index (κ2) is 10.1. The summed E-state index contributed by atoms with van der Waals surface area (Å²) in [6.07, 6.45) is -1.17. The number of rotatable bonds is 5. The number of carboxylic acid groups (broad SMARTS) is 1. The van der Waals surface area contributed by atoms with Crippen LogP contribution in [0.15, 0.2) is 36.4 Å². The molecule has 0 spiro atoms. The van der Waals surface area contributed by atoms with Gasteiger partial charge in [0.15, 0.2) is 0 Å². The van der Waals surface area contributed by atoms with E-state index in [4.69, 9.17) is 0 Å². The Bertz CT molecular complexity index is 1310. The number of carbonyl (C=O) groups is 2. The molecular formula is C31H34F5NO3. The lowest BCUT2D eigenvalue weighted by Crippen LogP contribution is -2.51. The summed E-state index contributed by atoms with van der Waals surface area (Å²) in [6.45, 7) is 2.67. The number of nitrogens with zero attached hydrogens (tertiary/aromatic N) is 1. The number of benzene rings is 2. The maximum atomic E-state index is 14.9. The Morgan fingerprint density at radius 1 is 1.00 bits per heavy atom. The molecular weight excluding hydrogens is 529 g/mol. The number of likely N-dealkylation sites (tertiary alicyclic amines) is 1. The summed E-state index contributed by atoms with van der Waals surface area (Å²) in [6, 6.07) is 8.79. The number of carbonyl (C=O) groups excluding carboxylic acids is 1. The molecule has 0 bridgehead atoms. The van der Waals surface area contributed by atoms with E-state index in [1.54, 1.807) is 25.1 Å². The zero-order chi connectivity index (χ0) is 29.0. The van der Waals surface area contributed by atoms with E-state index in [-0.39, 0.29) is 23.7 Å². The molecule has 4 nitrogen and oxygen atoms in total. The zero-order valence-corrected chi connectivity index (χ0v) is 22.7. The quantitative estimate of drug-likeness (QED) is 0.407. The van der Waals surface area contributed by atoms with Crippen LogP contribution in [0.3, 0.4) is 0 Å². The van der Waals surface area contributed by atoms with Crippen molar-refractivity contribution in [2.75, 3.05) is 6.54 Å². The summed E-state index contributed by atoms with van der Waals surface area (Å²) in [5.41, 5.74) is -1.73. The van der Waals surface area contributed by atoms with Crippen LogP contribution in [0, 0.1) is 24.6 Å². The standard InChI is InChI=1S/C31H34F5NO3/c1-18-15-19(3-11-25(18)32)17-30-13-14-37(27(38)20-4-6-21(7-5-20)28(39)40)26(30)12-8-22-16-23(9-10-24(22)30)29(2,33)31(34,35)36/h3,9-11,15-16,20-21,26H,4-8,12-14,17H2,1-2H3,(H,39,40)/t20-,21-,26?,29?,30?. The van der Waals surface area contributed by atoms with E-state index in [1.807, 2.05) is 4.90 Å². The highest BCUT2D eigenvalue weighted by Gasteiger charge is 2.56. The monoisotopic (exact) mass is 563 g/mol. The van der Waals surface area contributed by atoms with Gasteiger partial charge in [-0.25, -0.2) is 8.78 Å². The van der Waals surface area contributed by atoms with Crippen molar-refractivity contribution in [3.05, 3.63) is 70.0 Å². The van der Waals surface area contributed by atoms with Crippen LogP contribution >= 0.6 is 0 Å². The third-order valence-electron chi connectivity index (χ3n) is 9.67. The number of fused-ring (bicyclic) bond motifs is 3. The third kappa shape index (κ3) is 4.79. The van der Waals surface area contributed by atoms with Crippen LogP contribution in [0.4, 0.5) is 22.0 Å². The molecule has 1 aliphatic heterocycles. The first-order valence-electron chi connectivity index (χ1n) is 13.9. The van der Waals surface area contributed by atoms with Gasteiger partial charge in [-0.1, -0.05) is 30.3 Å². The van der Waals surface area contributed by atoms with Crippen LogP contribution in [-0.2, 0) is 33.5 Å². The molecule has 1 heterocycles. The lowest BCUT2D eigenvalue weighted by atomic mass is 9.63. The summed E-state index contributed by atoms with van der Waals surface area (Å²) in [4.78, 5) is 27.1. The number of aryl methyl sites for hydroxylation is 2. The topological polar surface area (TPSA) is 57.6 Å². The fourth-order valence-electron chi connectivity index (χ4n) is 7.29. The van der Waals surface area contributed by atoms with Crippen molar-refractivity contribution in [1.82, 2.24) is 4.90 Å². The molecule has 1 amide bonds. The molecule has 3 unspecified atom stereocenters. The minimum atomic E-state index is -5.06. The van der Waals surface area contributed by atoms with E-state index in [0.717, 1.165) is 11.1 Å². The first-order valence-corrected chi connectivity index (χ1v) is 13.9. The molecule has 0 aromatic heterocycles. The molecule has 216 valence electrons. The van der Waals surface area contributed by atoms with E-state index in [2.05, 4.69) is 0 Å². The molecule has 2 fully saturated rings. The molecule has 1 saturated carbocycles. The van der Waals surface area contributed by atoms with Gasteiger partial charge < -0.3 is 10.0 Å². The summed E-state index contributed by atoms with van der Waals surface area (Å²) in [5, 5.41) is 9.34. The summed E-state index contributed by atoms with van der Waals surface area (Å²) in [5.74, 6) is -1.86. The Morgan fingerprint density at radius 2 is 1.68 bits per heavy atom. The molecule has 3 aliphatic rings. The van der Waals surface area contributed by atoms with E-state index in [9.17, 15) is 36.6 Å². The van der Waals surface area contributed by atoms with Crippen LogP contribution in [0.5, 0.6) is 0 Å². The summed E-state index contributed by atoms with van der Waals surface area (Å²) >= 11 is 0. The molecule has 2 aromatic rings. The lowest BCUT2D eigenvalue weighted by molar-refractivity contribution is -0.228.